The maximum absolute atomic E-state index is 11.9. The van der Waals surface area contributed by atoms with Crippen molar-refractivity contribution in [1.29, 1.82) is 5.41 Å². The lowest BCUT2D eigenvalue weighted by Gasteiger charge is -2.17. The Balaban J connectivity index is 1.96. The molecule has 0 aliphatic carbocycles. The molecule has 0 spiro atoms. The van der Waals surface area contributed by atoms with Crippen molar-refractivity contribution in [2.75, 3.05) is 23.0 Å². The van der Waals surface area contributed by atoms with E-state index in [-0.39, 0.29) is 17.4 Å². The number of nitrogen functional groups attached to an aromatic ring is 1. The molecule has 0 saturated carbocycles. The third-order valence-electron chi connectivity index (χ3n) is 4.26. The van der Waals surface area contributed by atoms with Gasteiger partial charge in [-0.1, -0.05) is 36.4 Å². The summed E-state index contributed by atoms with van der Waals surface area (Å²) in [5.74, 6) is 0.337. The summed E-state index contributed by atoms with van der Waals surface area (Å²) >= 11 is 5.94. The van der Waals surface area contributed by atoms with Crippen LogP contribution in [0.2, 0.25) is 5.02 Å². The van der Waals surface area contributed by atoms with Crippen molar-refractivity contribution in [1.82, 2.24) is 9.97 Å². The van der Waals surface area contributed by atoms with Crippen LogP contribution in [0, 0.1) is 5.41 Å². The first-order valence-electron chi connectivity index (χ1n) is 8.63. The second kappa shape index (κ2) is 8.53. The fourth-order valence-electron chi connectivity index (χ4n) is 2.69. The summed E-state index contributed by atoms with van der Waals surface area (Å²) in [5.41, 5.74) is 8.57. The van der Waals surface area contributed by atoms with Crippen molar-refractivity contribution in [3.8, 4) is 0 Å². The molecule has 1 amide bonds. The van der Waals surface area contributed by atoms with Gasteiger partial charge in [-0.05, 0) is 36.4 Å². The van der Waals surface area contributed by atoms with E-state index in [1.807, 2.05) is 6.07 Å². The zero-order valence-electron chi connectivity index (χ0n) is 15.7. The van der Waals surface area contributed by atoms with Gasteiger partial charge in [0.25, 0.3) is 0 Å². The Kier molecular flexibility index (Phi) is 5.90. The second-order valence-electron chi connectivity index (χ2n) is 6.14. The van der Waals surface area contributed by atoms with Crippen LogP contribution in [0.5, 0.6) is 0 Å². The van der Waals surface area contributed by atoms with E-state index in [2.05, 4.69) is 21.9 Å². The van der Waals surface area contributed by atoms with Gasteiger partial charge in [0.05, 0.1) is 11.3 Å². The van der Waals surface area contributed by atoms with E-state index in [9.17, 15) is 4.79 Å². The van der Waals surface area contributed by atoms with Gasteiger partial charge in [0.15, 0.2) is 0 Å². The minimum absolute atomic E-state index is 0.164. The second-order valence-corrected chi connectivity index (χ2v) is 6.58. The van der Waals surface area contributed by atoms with Crippen LogP contribution >= 0.6 is 11.6 Å². The zero-order valence-corrected chi connectivity index (χ0v) is 16.4. The Morgan fingerprint density at radius 3 is 2.66 bits per heavy atom. The minimum Gasteiger partial charge on any atom is -0.383 e. The number of carbonyl (C=O) groups is 1. The van der Waals surface area contributed by atoms with Crippen LogP contribution in [0.25, 0.3) is 0 Å². The third kappa shape index (κ3) is 4.41. The summed E-state index contributed by atoms with van der Waals surface area (Å²) in [6.07, 6.45) is 2.57. The maximum atomic E-state index is 11.9. The summed E-state index contributed by atoms with van der Waals surface area (Å²) < 4.78 is 0. The molecule has 2 aromatic carbocycles. The number of nitrogens with two attached hydrogens (primary N) is 1. The number of halogens is 1. The molecule has 0 saturated heterocycles. The van der Waals surface area contributed by atoms with Crippen molar-refractivity contribution < 1.29 is 4.79 Å². The van der Waals surface area contributed by atoms with Gasteiger partial charge in [0.1, 0.15) is 18.0 Å². The van der Waals surface area contributed by atoms with Crippen LogP contribution < -0.4 is 16.0 Å². The number of benzene rings is 2. The van der Waals surface area contributed by atoms with Crippen LogP contribution in [0.4, 0.5) is 23.0 Å². The predicted molar refractivity (Wildman–Crippen MR) is 117 cm³/mol. The monoisotopic (exact) mass is 406 g/mol. The Morgan fingerprint density at radius 2 is 1.97 bits per heavy atom. The first kappa shape index (κ1) is 20.0. The highest BCUT2D eigenvalue weighted by Crippen LogP contribution is 2.27. The molecule has 0 aliphatic heterocycles. The first-order valence-corrected chi connectivity index (χ1v) is 9.01. The maximum Gasteiger partial charge on any atom is 0.250 e. The largest absolute Gasteiger partial charge is 0.383 e. The predicted octanol–water partition coefficient (Wildman–Crippen LogP) is 4.02. The highest BCUT2D eigenvalue weighted by molar-refractivity contribution is 6.30. The van der Waals surface area contributed by atoms with Crippen molar-refractivity contribution >= 4 is 46.2 Å². The van der Waals surface area contributed by atoms with Gasteiger partial charge in [0, 0.05) is 29.0 Å². The van der Waals surface area contributed by atoms with Gasteiger partial charge in [-0.15, -0.1) is 0 Å². The van der Waals surface area contributed by atoms with E-state index >= 15 is 0 Å². The number of rotatable bonds is 6. The van der Waals surface area contributed by atoms with E-state index in [0.717, 1.165) is 0 Å². The van der Waals surface area contributed by atoms with Crippen molar-refractivity contribution in [3.05, 3.63) is 83.7 Å². The van der Waals surface area contributed by atoms with E-state index in [1.165, 1.54) is 17.3 Å². The topological polar surface area (TPSA) is 108 Å². The summed E-state index contributed by atoms with van der Waals surface area (Å²) in [6.45, 7) is 3.50. The number of amides is 1. The molecule has 3 rings (SSSR count). The molecule has 0 atom stereocenters. The number of aromatic nitrogens is 2. The fraction of sp³-hybridized carbons (Fsp3) is 0.0476. The van der Waals surface area contributed by atoms with Crippen molar-refractivity contribution in [3.63, 3.8) is 0 Å². The summed E-state index contributed by atoms with van der Waals surface area (Å²) in [7, 11) is 1.66. The molecule has 146 valence electrons. The lowest BCUT2D eigenvalue weighted by molar-refractivity contribution is -0.113. The van der Waals surface area contributed by atoms with Gasteiger partial charge in [-0.2, -0.15) is 0 Å². The molecule has 4 N–H and O–H groups in total. The summed E-state index contributed by atoms with van der Waals surface area (Å²) in [5, 5.41) is 12.3. The number of likely N-dealkylation sites (N-methyl/N-ethyl adjacent to an activating group) is 1. The first-order chi connectivity index (χ1) is 13.9. The normalized spacial score (nSPS) is 10.3. The van der Waals surface area contributed by atoms with Crippen LogP contribution in [-0.4, -0.2) is 28.6 Å². The number of carbonyl (C=O) groups excluding carboxylic acids is 1. The molecule has 0 bridgehead atoms. The van der Waals surface area contributed by atoms with Crippen LogP contribution in [0.1, 0.15) is 11.1 Å². The van der Waals surface area contributed by atoms with Crippen molar-refractivity contribution in [2.45, 2.75) is 0 Å². The average molecular weight is 407 g/mol. The lowest BCUT2D eigenvalue weighted by Crippen LogP contribution is -2.23. The number of nitrogens with one attached hydrogen (secondary N) is 2. The molecule has 1 heterocycles. The molecule has 0 fully saturated rings. The van der Waals surface area contributed by atoms with Crippen LogP contribution in [0.15, 0.2) is 67.5 Å². The Bertz CT molecular complexity index is 1080. The molecule has 0 radical (unpaired) electrons. The molecule has 8 heteroatoms. The standard InChI is InChI=1S/C21H19ClN6O/c1-3-17(29)28(2)16-6-4-5-15(11-16)27-21-18(20(24)25-12-26-21)19(23)13-7-9-14(22)10-8-13/h3-12,23H,1H2,2H3,(H3,24,25,26,27). The van der Waals surface area contributed by atoms with Gasteiger partial charge in [-0.3, -0.25) is 10.2 Å². The number of hydrogen-bond donors (Lipinski definition) is 3. The van der Waals surface area contributed by atoms with E-state index in [4.69, 9.17) is 22.7 Å². The van der Waals surface area contributed by atoms with Crippen molar-refractivity contribution in [2.24, 2.45) is 0 Å². The van der Waals surface area contributed by atoms with E-state index in [0.29, 0.717) is 33.3 Å². The molecule has 29 heavy (non-hydrogen) atoms. The quantitative estimate of drug-likeness (QED) is 0.423. The molecule has 7 nitrogen and oxygen atoms in total. The molecule has 3 aromatic rings. The molecular weight excluding hydrogens is 388 g/mol. The molecular formula is C21H19ClN6O. The summed E-state index contributed by atoms with van der Waals surface area (Å²) in [6, 6.07) is 14.1. The Labute approximate surface area is 173 Å². The van der Waals surface area contributed by atoms with E-state index in [1.54, 1.807) is 49.5 Å². The SMILES string of the molecule is C=CC(=O)N(C)c1cccc(Nc2ncnc(N)c2C(=N)c2ccc(Cl)cc2)c1. The van der Waals surface area contributed by atoms with Crippen LogP contribution in [0.3, 0.4) is 0 Å². The lowest BCUT2D eigenvalue weighted by atomic mass is 10.0. The smallest absolute Gasteiger partial charge is 0.250 e. The molecule has 1 aromatic heterocycles. The van der Waals surface area contributed by atoms with Gasteiger partial charge in [0.2, 0.25) is 5.91 Å². The highest BCUT2D eigenvalue weighted by atomic mass is 35.5. The third-order valence-corrected chi connectivity index (χ3v) is 4.51. The average Bonchev–Trinajstić information content (AvgIpc) is 2.73. The zero-order chi connectivity index (χ0) is 21.0. The van der Waals surface area contributed by atoms with Gasteiger partial charge in [-0.25, -0.2) is 9.97 Å². The molecule has 0 unspecified atom stereocenters. The Morgan fingerprint density at radius 1 is 1.24 bits per heavy atom. The molecule has 0 aliphatic rings. The minimum atomic E-state index is -0.223. The Hall–Kier alpha value is -3.71. The summed E-state index contributed by atoms with van der Waals surface area (Å²) in [4.78, 5) is 21.6. The van der Waals surface area contributed by atoms with E-state index < -0.39 is 0 Å². The number of nitrogens with zero attached hydrogens (tertiary/aromatic N) is 3. The highest BCUT2D eigenvalue weighted by Gasteiger charge is 2.17. The number of anilines is 4. The van der Waals surface area contributed by atoms with Gasteiger partial charge >= 0.3 is 0 Å². The van der Waals surface area contributed by atoms with Gasteiger partial charge < -0.3 is 16.0 Å². The van der Waals surface area contributed by atoms with Crippen LogP contribution in [-0.2, 0) is 4.79 Å². The fourth-order valence-corrected chi connectivity index (χ4v) is 2.82. The number of hydrogen-bond acceptors (Lipinski definition) is 6.